The summed E-state index contributed by atoms with van der Waals surface area (Å²) in [5, 5.41) is 2.94. The van der Waals surface area contributed by atoms with Crippen molar-refractivity contribution in [2.75, 3.05) is 29.0 Å². The highest BCUT2D eigenvalue weighted by Gasteiger charge is 2.16. The largest absolute Gasteiger partial charge is 0.398 e. The first-order valence-electron chi connectivity index (χ1n) is 8.14. The highest BCUT2D eigenvalue weighted by Crippen LogP contribution is 2.25. The zero-order valence-corrected chi connectivity index (χ0v) is 15.9. The lowest BCUT2D eigenvalue weighted by molar-refractivity contribution is 0.102. The molecule has 1 aliphatic rings. The van der Waals surface area contributed by atoms with Crippen LogP contribution in [-0.4, -0.2) is 19.0 Å². The average Bonchev–Trinajstić information content (AvgIpc) is 2.56. The van der Waals surface area contributed by atoms with Gasteiger partial charge in [0.1, 0.15) is 0 Å². The van der Waals surface area contributed by atoms with Crippen molar-refractivity contribution in [3.63, 3.8) is 0 Å². The predicted octanol–water partition coefficient (Wildman–Crippen LogP) is 4.60. The van der Waals surface area contributed by atoms with Crippen LogP contribution in [0, 0.1) is 5.92 Å². The maximum atomic E-state index is 12.4. The van der Waals surface area contributed by atoms with Gasteiger partial charge in [0.25, 0.3) is 5.91 Å². The monoisotopic (exact) mass is 381 g/mol. The van der Waals surface area contributed by atoms with Gasteiger partial charge in [0.2, 0.25) is 0 Å². The van der Waals surface area contributed by atoms with Gasteiger partial charge in [-0.15, -0.1) is 24.8 Å². The standard InChI is InChI=1S/C19H23N3O.2ClH/c1-14-9-11-22(12-10-14)16-6-4-5-15(13-16)21-19(23)17-7-2-3-8-18(17)20;;/h2-8,13-14H,9-12,20H2,1H3,(H,21,23);2*1H. The highest BCUT2D eigenvalue weighted by atomic mass is 35.5. The molecule has 3 N–H and O–H groups in total. The van der Waals surface area contributed by atoms with E-state index in [-0.39, 0.29) is 30.7 Å². The molecule has 1 saturated heterocycles. The summed E-state index contributed by atoms with van der Waals surface area (Å²) >= 11 is 0. The second-order valence-electron chi connectivity index (χ2n) is 6.26. The van der Waals surface area contributed by atoms with Gasteiger partial charge in [0, 0.05) is 30.2 Å². The number of anilines is 3. The molecule has 0 spiro atoms. The fourth-order valence-corrected chi connectivity index (χ4v) is 2.95. The van der Waals surface area contributed by atoms with Crippen molar-refractivity contribution < 1.29 is 4.79 Å². The van der Waals surface area contributed by atoms with Gasteiger partial charge in [-0.3, -0.25) is 4.79 Å². The summed E-state index contributed by atoms with van der Waals surface area (Å²) < 4.78 is 0. The molecule has 25 heavy (non-hydrogen) atoms. The first kappa shape index (κ1) is 21.1. The number of nitrogens with one attached hydrogen (secondary N) is 1. The molecule has 0 aliphatic carbocycles. The number of hydrogen-bond donors (Lipinski definition) is 2. The third-order valence-corrected chi connectivity index (χ3v) is 4.46. The summed E-state index contributed by atoms with van der Waals surface area (Å²) in [6.45, 7) is 4.45. The van der Waals surface area contributed by atoms with E-state index in [0.717, 1.165) is 30.4 Å². The molecular formula is C19H25Cl2N3O. The minimum atomic E-state index is -0.174. The molecule has 1 fully saturated rings. The van der Waals surface area contributed by atoms with E-state index in [1.54, 1.807) is 12.1 Å². The Labute approximate surface area is 161 Å². The number of nitrogen functional groups attached to an aromatic ring is 1. The maximum Gasteiger partial charge on any atom is 0.257 e. The van der Waals surface area contributed by atoms with E-state index in [4.69, 9.17) is 5.73 Å². The SMILES string of the molecule is CC1CCN(c2cccc(NC(=O)c3ccccc3N)c2)CC1.Cl.Cl. The van der Waals surface area contributed by atoms with Gasteiger partial charge in [-0.25, -0.2) is 0 Å². The van der Waals surface area contributed by atoms with Crippen molar-refractivity contribution in [3.05, 3.63) is 54.1 Å². The molecule has 1 heterocycles. The van der Waals surface area contributed by atoms with E-state index in [1.807, 2.05) is 30.3 Å². The molecule has 0 atom stereocenters. The number of nitrogens with two attached hydrogens (primary N) is 1. The molecule has 136 valence electrons. The summed E-state index contributed by atoms with van der Waals surface area (Å²) in [6.07, 6.45) is 2.44. The average molecular weight is 382 g/mol. The van der Waals surface area contributed by atoms with E-state index < -0.39 is 0 Å². The van der Waals surface area contributed by atoms with Crippen molar-refractivity contribution in [1.82, 2.24) is 0 Å². The van der Waals surface area contributed by atoms with Crippen LogP contribution in [0.1, 0.15) is 30.1 Å². The zero-order valence-electron chi connectivity index (χ0n) is 14.3. The second-order valence-corrected chi connectivity index (χ2v) is 6.26. The molecule has 3 rings (SSSR count). The lowest BCUT2D eigenvalue weighted by atomic mass is 9.99. The molecule has 2 aromatic carbocycles. The van der Waals surface area contributed by atoms with Gasteiger partial charge in [-0.1, -0.05) is 25.1 Å². The van der Waals surface area contributed by atoms with Crippen molar-refractivity contribution >= 4 is 47.8 Å². The first-order valence-corrected chi connectivity index (χ1v) is 8.14. The number of carbonyl (C=O) groups is 1. The molecule has 1 aliphatic heterocycles. The summed E-state index contributed by atoms with van der Waals surface area (Å²) in [6, 6.07) is 15.1. The van der Waals surface area contributed by atoms with Gasteiger partial charge in [-0.2, -0.15) is 0 Å². The minimum absolute atomic E-state index is 0. The van der Waals surface area contributed by atoms with Gasteiger partial charge in [-0.05, 0) is 49.1 Å². The number of para-hydroxylation sites is 1. The molecule has 0 aromatic heterocycles. The van der Waals surface area contributed by atoms with Crippen molar-refractivity contribution in [2.24, 2.45) is 5.92 Å². The fourth-order valence-electron chi connectivity index (χ4n) is 2.95. The Kier molecular flexibility index (Phi) is 8.07. The van der Waals surface area contributed by atoms with Crippen LogP contribution < -0.4 is 16.0 Å². The fraction of sp³-hybridized carbons (Fsp3) is 0.316. The number of rotatable bonds is 3. The van der Waals surface area contributed by atoms with Crippen LogP contribution in [0.15, 0.2) is 48.5 Å². The quantitative estimate of drug-likeness (QED) is 0.763. The van der Waals surface area contributed by atoms with Gasteiger partial charge in [0.05, 0.1) is 5.56 Å². The van der Waals surface area contributed by atoms with E-state index >= 15 is 0 Å². The van der Waals surface area contributed by atoms with E-state index in [9.17, 15) is 4.79 Å². The van der Waals surface area contributed by atoms with E-state index in [2.05, 4.69) is 23.2 Å². The molecule has 0 saturated carbocycles. The van der Waals surface area contributed by atoms with Gasteiger partial charge >= 0.3 is 0 Å². The maximum absolute atomic E-state index is 12.4. The van der Waals surface area contributed by atoms with Crippen LogP contribution in [0.25, 0.3) is 0 Å². The smallest absolute Gasteiger partial charge is 0.257 e. The van der Waals surface area contributed by atoms with Crippen LogP contribution in [0.5, 0.6) is 0 Å². The number of nitrogens with zero attached hydrogens (tertiary/aromatic N) is 1. The van der Waals surface area contributed by atoms with E-state index in [1.165, 1.54) is 12.8 Å². The third kappa shape index (κ3) is 5.28. The molecule has 0 bridgehead atoms. The lowest BCUT2D eigenvalue weighted by Crippen LogP contribution is -2.32. The zero-order chi connectivity index (χ0) is 16.2. The van der Waals surface area contributed by atoms with Crippen LogP contribution in [0.3, 0.4) is 0 Å². The number of piperidine rings is 1. The molecule has 6 heteroatoms. The Hall–Kier alpha value is -1.91. The lowest BCUT2D eigenvalue weighted by Gasteiger charge is -2.32. The Morgan fingerprint density at radius 3 is 2.44 bits per heavy atom. The topological polar surface area (TPSA) is 58.4 Å². The third-order valence-electron chi connectivity index (χ3n) is 4.46. The van der Waals surface area contributed by atoms with Crippen LogP contribution in [0.2, 0.25) is 0 Å². The summed E-state index contributed by atoms with van der Waals surface area (Å²) in [5.74, 6) is 0.628. The van der Waals surface area contributed by atoms with Crippen LogP contribution in [-0.2, 0) is 0 Å². The number of halogens is 2. The summed E-state index contributed by atoms with van der Waals surface area (Å²) in [7, 11) is 0. The molecule has 1 amide bonds. The van der Waals surface area contributed by atoms with Crippen LogP contribution >= 0.6 is 24.8 Å². The number of benzene rings is 2. The minimum Gasteiger partial charge on any atom is -0.398 e. The predicted molar refractivity (Wildman–Crippen MR) is 110 cm³/mol. The second kappa shape index (κ2) is 9.54. The molecule has 0 unspecified atom stereocenters. The molecule has 2 aromatic rings. The van der Waals surface area contributed by atoms with Crippen molar-refractivity contribution in [2.45, 2.75) is 19.8 Å². The Balaban J connectivity index is 0.00000156. The highest BCUT2D eigenvalue weighted by molar-refractivity contribution is 6.07. The Bertz CT molecular complexity index is 701. The normalized spacial score (nSPS) is 14.2. The summed E-state index contributed by atoms with van der Waals surface area (Å²) in [5.41, 5.74) is 8.83. The molecular weight excluding hydrogens is 357 g/mol. The van der Waals surface area contributed by atoms with Gasteiger partial charge < -0.3 is 16.0 Å². The van der Waals surface area contributed by atoms with E-state index in [0.29, 0.717) is 11.3 Å². The summed E-state index contributed by atoms with van der Waals surface area (Å²) in [4.78, 5) is 14.7. The van der Waals surface area contributed by atoms with Crippen molar-refractivity contribution in [3.8, 4) is 0 Å². The Morgan fingerprint density at radius 1 is 1.08 bits per heavy atom. The van der Waals surface area contributed by atoms with Crippen molar-refractivity contribution in [1.29, 1.82) is 0 Å². The first-order chi connectivity index (χ1) is 11.1. The molecule has 4 nitrogen and oxygen atoms in total. The Morgan fingerprint density at radius 2 is 1.76 bits per heavy atom. The number of hydrogen-bond acceptors (Lipinski definition) is 3. The van der Waals surface area contributed by atoms with Crippen LogP contribution in [0.4, 0.5) is 17.1 Å². The number of amides is 1. The molecule has 0 radical (unpaired) electrons. The van der Waals surface area contributed by atoms with Gasteiger partial charge in [0.15, 0.2) is 0 Å². The number of carbonyl (C=O) groups excluding carboxylic acids is 1.